The molecule has 3 rings (SSSR count). The van der Waals surface area contributed by atoms with E-state index in [-0.39, 0.29) is 6.10 Å². The molecule has 3 aromatic rings. The van der Waals surface area contributed by atoms with E-state index in [9.17, 15) is 0 Å². The third-order valence-electron chi connectivity index (χ3n) is 3.27. The van der Waals surface area contributed by atoms with Crippen molar-refractivity contribution in [1.82, 2.24) is 19.8 Å². The molecule has 0 aliphatic carbocycles. The van der Waals surface area contributed by atoms with Crippen LogP contribution < -0.4 is 4.74 Å². The fourth-order valence-corrected chi connectivity index (χ4v) is 3.09. The van der Waals surface area contributed by atoms with E-state index in [1.165, 1.54) is 11.3 Å². The van der Waals surface area contributed by atoms with Crippen LogP contribution in [0.3, 0.4) is 0 Å². The Kier molecular flexibility index (Phi) is 4.65. The van der Waals surface area contributed by atoms with E-state index >= 15 is 0 Å². The summed E-state index contributed by atoms with van der Waals surface area (Å²) in [5, 5.41) is 13.9. The Morgan fingerprint density at radius 2 is 2.05 bits per heavy atom. The van der Waals surface area contributed by atoms with Crippen LogP contribution in [0.5, 0.6) is 5.75 Å². The van der Waals surface area contributed by atoms with E-state index in [0.717, 1.165) is 28.0 Å². The Labute approximate surface area is 132 Å². The van der Waals surface area contributed by atoms with Crippen molar-refractivity contribution in [3.05, 3.63) is 41.2 Å². The summed E-state index contributed by atoms with van der Waals surface area (Å²) in [7, 11) is 1.67. The van der Waals surface area contributed by atoms with Crippen molar-refractivity contribution in [2.45, 2.75) is 25.9 Å². The van der Waals surface area contributed by atoms with Crippen LogP contribution in [0.15, 0.2) is 30.3 Å². The third kappa shape index (κ3) is 3.10. The molecular weight excluding hydrogens is 300 g/mol. The van der Waals surface area contributed by atoms with Crippen LogP contribution in [-0.2, 0) is 11.2 Å². The Balaban J connectivity index is 1.83. The fraction of sp³-hybridized carbons (Fsp3) is 0.400. The Bertz CT molecular complexity index is 726. The van der Waals surface area contributed by atoms with Crippen molar-refractivity contribution in [3.8, 4) is 5.75 Å². The molecule has 0 aliphatic heterocycles. The molecule has 0 unspecified atom stereocenters. The van der Waals surface area contributed by atoms with E-state index in [4.69, 9.17) is 9.47 Å². The molecule has 1 atom stereocenters. The summed E-state index contributed by atoms with van der Waals surface area (Å²) in [5.74, 6) is 1.66. The van der Waals surface area contributed by atoms with Gasteiger partial charge in [0.05, 0.1) is 6.61 Å². The van der Waals surface area contributed by atoms with Crippen molar-refractivity contribution < 1.29 is 9.47 Å². The van der Waals surface area contributed by atoms with E-state index in [2.05, 4.69) is 22.2 Å². The summed E-state index contributed by atoms with van der Waals surface area (Å²) in [6, 6.07) is 9.80. The van der Waals surface area contributed by atoms with E-state index < -0.39 is 0 Å². The van der Waals surface area contributed by atoms with Crippen LogP contribution in [-0.4, -0.2) is 33.5 Å². The van der Waals surface area contributed by atoms with Gasteiger partial charge in [-0.3, -0.25) is 0 Å². The Morgan fingerprint density at radius 1 is 1.23 bits per heavy atom. The predicted octanol–water partition coefficient (Wildman–Crippen LogP) is 2.90. The summed E-state index contributed by atoms with van der Waals surface area (Å²) in [5.41, 5.74) is 0. The summed E-state index contributed by atoms with van der Waals surface area (Å²) in [6.07, 6.45) is 1.45. The molecule has 2 heterocycles. The standard InChI is InChI=1S/C15H18N4O2S/c1-3-12(21-11-7-5-4-6-8-11)14-18-19-13(9-10-20-2)16-17-15(19)22-14/h4-8,12H,3,9-10H2,1-2H3/t12-/m0/s1. The lowest BCUT2D eigenvalue weighted by Gasteiger charge is -2.14. The molecule has 0 amide bonds. The van der Waals surface area contributed by atoms with Crippen LogP contribution in [0.25, 0.3) is 4.96 Å². The summed E-state index contributed by atoms with van der Waals surface area (Å²) in [4.78, 5) is 0.788. The van der Waals surface area contributed by atoms with Gasteiger partial charge < -0.3 is 9.47 Å². The normalized spacial score (nSPS) is 12.6. The molecule has 22 heavy (non-hydrogen) atoms. The number of hydrogen-bond acceptors (Lipinski definition) is 6. The van der Waals surface area contributed by atoms with E-state index in [0.29, 0.717) is 13.0 Å². The van der Waals surface area contributed by atoms with Crippen molar-refractivity contribution in [1.29, 1.82) is 0 Å². The first kappa shape index (κ1) is 14.9. The van der Waals surface area contributed by atoms with Gasteiger partial charge in [-0.1, -0.05) is 36.5 Å². The number of hydrogen-bond donors (Lipinski definition) is 0. The molecule has 0 saturated carbocycles. The van der Waals surface area contributed by atoms with Crippen molar-refractivity contribution in [2.24, 2.45) is 0 Å². The minimum Gasteiger partial charge on any atom is -0.483 e. The first-order valence-corrected chi connectivity index (χ1v) is 8.05. The summed E-state index contributed by atoms with van der Waals surface area (Å²) >= 11 is 1.52. The smallest absolute Gasteiger partial charge is 0.234 e. The van der Waals surface area contributed by atoms with Crippen molar-refractivity contribution in [3.63, 3.8) is 0 Å². The number of ether oxygens (including phenoxy) is 2. The zero-order valence-electron chi connectivity index (χ0n) is 12.6. The molecule has 0 spiro atoms. The lowest BCUT2D eigenvalue weighted by Crippen LogP contribution is -2.08. The lowest BCUT2D eigenvalue weighted by molar-refractivity contribution is 0.197. The van der Waals surface area contributed by atoms with E-state index in [1.807, 2.05) is 30.3 Å². The van der Waals surface area contributed by atoms with Crippen LogP contribution in [0.1, 0.15) is 30.3 Å². The minimum atomic E-state index is -0.0793. The number of rotatable bonds is 7. The summed E-state index contributed by atoms with van der Waals surface area (Å²) in [6.45, 7) is 2.69. The van der Waals surface area contributed by atoms with Crippen LogP contribution in [0, 0.1) is 0 Å². The highest BCUT2D eigenvalue weighted by Gasteiger charge is 2.19. The van der Waals surface area contributed by atoms with Crippen molar-refractivity contribution >= 4 is 16.3 Å². The van der Waals surface area contributed by atoms with Crippen LogP contribution in [0.2, 0.25) is 0 Å². The number of fused-ring (bicyclic) bond motifs is 1. The zero-order chi connectivity index (χ0) is 15.4. The number of methoxy groups -OCH3 is 1. The van der Waals surface area contributed by atoms with Gasteiger partial charge in [-0.2, -0.15) is 9.61 Å². The molecule has 1 aromatic carbocycles. The third-order valence-corrected chi connectivity index (χ3v) is 4.26. The molecule has 0 saturated heterocycles. The van der Waals surface area contributed by atoms with Crippen molar-refractivity contribution in [2.75, 3.05) is 13.7 Å². The first-order chi connectivity index (χ1) is 10.8. The van der Waals surface area contributed by atoms with Gasteiger partial charge in [0.1, 0.15) is 5.75 Å². The van der Waals surface area contributed by atoms with Gasteiger partial charge in [0.25, 0.3) is 0 Å². The van der Waals surface area contributed by atoms with Gasteiger partial charge in [0.2, 0.25) is 4.96 Å². The molecule has 0 N–H and O–H groups in total. The molecular formula is C15H18N4O2S. The molecule has 6 nitrogen and oxygen atoms in total. The molecule has 116 valence electrons. The topological polar surface area (TPSA) is 61.5 Å². The Morgan fingerprint density at radius 3 is 2.77 bits per heavy atom. The minimum absolute atomic E-state index is 0.0793. The highest BCUT2D eigenvalue weighted by atomic mass is 32.1. The van der Waals surface area contributed by atoms with Gasteiger partial charge in [-0.15, -0.1) is 10.2 Å². The predicted molar refractivity (Wildman–Crippen MR) is 84.3 cm³/mol. The second-order valence-electron chi connectivity index (χ2n) is 4.82. The van der Waals surface area contributed by atoms with Gasteiger partial charge in [0, 0.05) is 13.5 Å². The summed E-state index contributed by atoms with van der Waals surface area (Å²) < 4.78 is 12.9. The highest BCUT2D eigenvalue weighted by molar-refractivity contribution is 7.16. The highest BCUT2D eigenvalue weighted by Crippen LogP contribution is 2.28. The maximum absolute atomic E-state index is 6.03. The maximum Gasteiger partial charge on any atom is 0.234 e. The van der Waals surface area contributed by atoms with Crippen LogP contribution >= 0.6 is 11.3 Å². The fourth-order valence-electron chi connectivity index (χ4n) is 2.12. The largest absolute Gasteiger partial charge is 0.483 e. The second-order valence-corrected chi connectivity index (χ2v) is 5.81. The first-order valence-electron chi connectivity index (χ1n) is 7.23. The quantitative estimate of drug-likeness (QED) is 0.670. The number of aromatic nitrogens is 4. The monoisotopic (exact) mass is 318 g/mol. The SMILES string of the molecule is CC[C@H](Oc1ccccc1)c1nn2c(CCOC)nnc2s1. The van der Waals surface area contributed by atoms with Gasteiger partial charge in [-0.05, 0) is 18.6 Å². The molecule has 0 aliphatic rings. The molecule has 0 fully saturated rings. The molecule has 7 heteroatoms. The number of para-hydroxylation sites is 1. The lowest BCUT2D eigenvalue weighted by atomic mass is 10.3. The average molecular weight is 318 g/mol. The van der Waals surface area contributed by atoms with Gasteiger partial charge in [0.15, 0.2) is 16.9 Å². The molecule has 0 bridgehead atoms. The average Bonchev–Trinajstić information content (AvgIpc) is 3.12. The van der Waals surface area contributed by atoms with Gasteiger partial charge in [-0.25, -0.2) is 0 Å². The second kappa shape index (κ2) is 6.85. The number of nitrogens with zero attached hydrogens (tertiary/aromatic N) is 4. The molecule has 2 aromatic heterocycles. The molecule has 0 radical (unpaired) electrons. The maximum atomic E-state index is 6.03. The number of benzene rings is 1. The zero-order valence-corrected chi connectivity index (χ0v) is 13.4. The Hall–Kier alpha value is -1.99. The van der Waals surface area contributed by atoms with E-state index in [1.54, 1.807) is 11.6 Å². The van der Waals surface area contributed by atoms with Gasteiger partial charge >= 0.3 is 0 Å². The van der Waals surface area contributed by atoms with Crippen LogP contribution in [0.4, 0.5) is 0 Å².